The third-order valence-corrected chi connectivity index (χ3v) is 4.31. The van der Waals surface area contributed by atoms with E-state index in [1.807, 2.05) is 29.2 Å². The molecule has 1 fully saturated rings. The van der Waals surface area contributed by atoms with Gasteiger partial charge in [-0.15, -0.1) is 0 Å². The van der Waals surface area contributed by atoms with E-state index in [1.54, 1.807) is 0 Å². The van der Waals surface area contributed by atoms with Crippen LogP contribution in [0.4, 0.5) is 4.79 Å². The topological polar surface area (TPSA) is 61.8 Å². The van der Waals surface area contributed by atoms with Gasteiger partial charge in [0.15, 0.2) is 0 Å². The van der Waals surface area contributed by atoms with Gasteiger partial charge in [0.25, 0.3) is 0 Å². The quantitative estimate of drug-likeness (QED) is 0.794. The number of hydrogen-bond acceptors (Lipinski definition) is 3. The molecule has 5 nitrogen and oxygen atoms in total. The molecule has 3 rings (SSSR count). The fourth-order valence-electron chi connectivity index (χ4n) is 2.95. The summed E-state index contributed by atoms with van der Waals surface area (Å²) < 4.78 is 5.64. The molecule has 1 aromatic carbocycles. The predicted octanol–water partition coefficient (Wildman–Crippen LogP) is 2.46. The van der Waals surface area contributed by atoms with Crippen molar-refractivity contribution in [2.45, 2.75) is 44.2 Å². The number of rotatable bonds is 6. The first-order valence-corrected chi connectivity index (χ1v) is 8.19. The Labute approximate surface area is 131 Å². The highest BCUT2D eigenvalue weighted by Gasteiger charge is 2.33. The van der Waals surface area contributed by atoms with Crippen molar-refractivity contribution < 1.29 is 14.6 Å². The SMILES string of the molecule is O=C(NC1CCOc2ccccc21)N(CCCCO)C1CC1. The van der Waals surface area contributed by atoms with E-state index in [2.05, 4.69) is 5.32 Å². The summed E-state index contributed by atoms with van der Waals surface area (Å²) in [5.74, 6) is 0.873. The number of carbonyl (C=O) groups is 1. The van der Waals surface area contributed by atoms with Crippen molar-refractivity contribution in [2.75, 3.05) is 19.8 Å². The Bertz CT molecular complexity index is 516. The Morgan fingerprint density at radius 3 is 2.86 bits per heavy atom. The molecule has 5 heteroatoms. The molecule has 1 aromatic rings. The van der Waals surface area contributed by atoms with Crippen LogP contribution in [0.1, 0.15) is 43.7 Å². The zero-order valence-corrected chi connectivity index (χ0v) is 12.8. The van der Waals surface area contributed by atoms with E-state index < -0.39 is 0 Å². The van der Waals surface area contributed by atoms with Crippen LogP contribution in [0.5, 0.6) is 5.75 Å². The fourth-order valence-corrected chi connectivity index (χ4v) is 2.95. The molecule has 2 aliphatic rings. The molecule has 1 heterocycles. The van der Waals surface area contributed by atoms with E-state index in [4.69, 9.17) is 9.84 Å². The molecule has 0 saturated heterocycles. The molecule has 1 unspecified atom stereocenters. The highest BCUT2D eigenvalue weighted by atomic mass is 16.5. The minimum absolute atomic E-state index is 0.0159. The van der Waals surface area contributed by atoms with Crippen LogP contribution < -0.4 is 10.1 Å². The number of benzene rings is 1. The molecule has 2 amide bonds. The monoisotopic (exact) mass is 304 g/mol. The van der Waals surface area contributed by atoms with E-state index in [0.29, 0.717) is 12.6 Å². The molecule has 1 aliphatic carbocycles. The van der Waals surface area contributed by atoms with E-state index in [-0.39, 0.29) is 18.7 Å². The Kier molecular flexibility index (Phi) is 4.83. The van der Waals surface area contributed by atoms with Gasteiger partial charge in [-0.05, 0) is 31.7 Å². The van der Waals surface area contributed by atoms with Crippen molar-refractivity contribution >= 4 is 6.03 Å². The molecule has 22 heavy (non-hydrogen) atoms. The maximum absolute atomic E-state index is 12.6. The summed E-state index contributed by atoms with van der Waals surface area (Å²) in [4.78, 5) is 14.5. The standard InChI is InChI=1S/C17H24N2O3/c20-11-4-3-10-19(13-7-8-13)17(21)18-15-9-12-22-16-6-2-1-5-14(15)16/h1-2,5-6,13,15,20H,3-4,7-12H2,(H,18,21). The molecule has 0 bridgehead atoms. The summed E-state index contributed by atoms with van der Waals surface area (Å²) in [6, 6.07) is 8.33. The number of nitrogens with one attached hydrogen (secondary N) is 1. The van der Waals surface area contributed by atoms with Gasteiger partial charge in [0.1, 0.15) is 5.75 Å². The number of unbranched alkanes of at least 4 members (excludes halogenated alkanes) is 1. The molecule has 1 saturated carbocycles. The lowest BCUT2D eigenvalue weighted by Gasteiger charge is -2.30. The number of aliphatic hydroxyl groups is 1. The molecule has 0 aromatic heterocycles. The van der Waals surface area contributed by atoms with Crippen LogP contribution in [0.2, 0.25) is 0 Å². The van der Waals surface area contributed by atoms with Gasteiger partial charge in [0, 0.05) is 31.2 Å². The first-order valence-electron chi connectivity index (χ1n) is 8.19. The Hall–Kier alpha value is -1.75. The number of urea groups is 1. The van der Waals surface area contributed by atoms with E-state index in [0.717, 1.165) is 50.0 Å². The van der Waals surface area contributed by atoms with Crippen molar-refractivity contribution in [1.29, 1.82) is 0 Å². The number of amides is 2. The number of hydrogen-bond donors (Lipinski definition) is 2. The van der Waals surface area contributed by atoms with Gasteiger partial charge >= 0.3 is 6.03 Å². The third kappa shape index (κ3) is 3.53. The summed E-state index contributed by atoms with van der Waals surface area (Å²) in [6.45, 7) is 1.55. The van der Waals surface area contributed by atoms with E-state index in [9.17, 15) is 4.79 Å². The largest absolute Gasteiger partial charge is 0.493 e. The van der Waals surface area contributed by atoms with Crippen molar-refractivity contribution in [3.8, 4) is 5.75 Å². The summed E-state index contributed by atoms with van der Waals surface area (Å²) in [7, 11) is 0. The van der Waals surface area contributed by atoms with Gasteiger partial charge in [-0.1, -0.05) is 18.2 Å². The second-order valence-corrected chi connectivity index (χ2v) is 6.03. The van der Waals surface area contributed by atoms with Crippen LogP contribution in [0, 0.1) is 0 Å². The zero-order chi connectivity index (χ0) is 15.4. The Morgan fingerprint density at radius 1 is 1.27 bits per heavy atom. The second kappa shape index (κ2) is 7.01. The highest BCUT2D eigenvalue weighted by molar-refractivity contribution is 5.75. The number of fused-ring (bicyclic) bond motifs is 1. The fraction of sp³-hybridized carbons (Fsp3) is 0.588. The van der Waals surface area contributed by atoms with Crippen LogP contribution in [0.25, 0.3) is 0 Å². The average Bonchev–Trinajstić information content (AvgIpc) is 3.36. The maximum Gasteiger partial charge on any atom is 0.318 e. The highest BCUT2D eigenvalue weighted by Crippen LogP contribution is 2.32. The van der Waals surface area contributed by atoms with Gasteiger partial charge in [-0.25, -0.2) is 4.79 Å². The minimum atomic E-state index is 0.0159. The zero-order valence-electron chi connectivity index (χ0n) is 12.8. The third-order valence-electron chi connectivity index (χ3n) is 4.31. The van der Waals surface area contributed by atoms with Gasteiger partial charge in [0.05, 0.1) is 12.6 Å². The lowest BCUT2D eigenvalue weighted by molar-refractivity contribution is 0.180. The van der Waals surface area contributed by atoms with Crippen LogP contribution in [-0.2, 0) is 0 Å². The van der Waals surface area contributed by atoms with Crippen molar-refractivity contribution in [1.82, 2.24) is 10.2 Å². The first kappa shape index (κ1) is 15.2. The number of aliphatic hydroxyl groups excluding tert-OH is 1. The first-order chi connectivity index (χ1) is 10.8. The molecule has 2 N–H and O–H groups in total. The second-order valence-electron chi connectivity index (χ2n) is 6.03. The van der Waals surface area contributed by atoms with Crippen LogP contribution >= 0.6 is 0 Å². The van der Waals surface area contributed by atoms with E-state index in [1.165, 1.54) is 0 Å². The van der Waals surface area contributed by atoms with Gasteiger partial charge in [-0.2, -0.15) is 0 Å². The van der Waals surface area contributed by atoms with Gasteiger partial charge in [-0.3, -0.25) is 0 Å². The number of para-hydroxylation sites is 1. The number of carbonyl (C=O) groups excluding carboxylic acids is 1. The van der Waals surface area contributed by atoms with Gasteiger partial charge < -0.3 is 20.1 Å². The average molecular weight is 304 g/mol. The van der Waals surface area contributed by atoms with Crippen LogP contribution in [0.15, 0.2) is 24.3 Å². The Morgan fingerprint density at radius 2 is 2.09 bits per heavy atom. The predicted molar refractivity (Wildman–Crippen MR) is 83.9 cm³/mol. The summed E-state index contributed by atoms with van der Waals surface area (Å²) in [5.41, 5.74) is 1.06. The van der Waals surface area contributed by atoms with Crippen molar-refractivity contribution in [3.63, 3.8) is 0 Å². The van der Waals surface area contributed by atoms with Crippen LogP contribution in [0.3, 0.4) is 0 Å². The molecule has 120 valence electrons. The lowest BCUT2D eigenvalue weighted by atomic mass is 10.0. The number of ether oxygens (including phenoxy) is 1. The summed E-state index contributed by atoms with van der Waals surface area (Å²) >= 11 is 0. The molecule has 0 spiro atoms. The summed E-state index contributed by atoms with van der Waals surface area (Å²) in [5, 5.41) is 12.1. The molecule has 1 atom stereocenters. The van der Waals surface area contributed by atoms with Crippen molar-refractivity contribution in [2.24, 2.45) is 0 Å². The maximum atomic E-state index is 12.6. The molecular weight excluding hydrogens is 280 g/mol. The van der Waals surface area contributed by atoms with E-state index >= 15 is 0 Å². The Balaban J connectivity index is 1.63. The molecule has 1 aliphatic heterocycles. The normalized spacial score (nSPS) is 20.0. The van der Waals surface area contributed by atoms with Gasteiger partial charge in [0.2, 0.25) is 0 Å². The minimum Gasteiger partial charge on any atom is -0.493 e. The lowest BCUT2D eigenvalue weighted by Crippen LogP contribution is -2.44. The molecule has 0 radical (unpaired) electrons. The smallest absolute Gasteiger partial charge is 0.318 e. The van der Waals surface area contributed by atoms with Crippen LogP contribution in [-0.4, -0.2) is 41.8 Å². The number of nitrogens with zero attached hydrogens (tertiary/aromatic N) is 1. The van der Waals surface area contributed by atoms with Crippen molar-refractivity contribution in [3.05, 3.63) is 29.8 Å². The summed E-state index contributed by atoms with van der Waals surface area (Å²) in [6.07, 6.45) is 4.59. The molecular formula is C17H24N2O3.